The zero-order chi connectivity index (χ0) is 15.6. The Bertz CT molecular complexity index is 530. The molecule has 6 nitrogen and oxygen atoms in total. The minimum absolute atomic E-state index is 0.0709. The molecule has 116 valence electrons. The number of rotatable bonds is 2. The van der Waals surface area contributed by atoms with Gasteiger partial charge in [0.05, 0.1) is 0 Å². The van der Waals surface area contributed by atoms with Gasteiger partial charge >= 0.3 is 5.97 Å². The quantitative estimate of drug-likeness (QED) is 0.906. The Morgan fingerprint density at radius 3 is 2.62 bits per heavy atom. The van der Waals surface area contributed by atoms with E-state index in [4.69, 9.17) is 5.11 Å². The second-order valence-corrected chi connectivity index (χ2v) is 6.67. The molecule has 1 aromatic heterocycles. The minimum atomic E-state index is -1.22. The first-order valence-electron chi connectivity index (χ1n) is 7.28. The molecule has 1 aromatic rings. The van der Waals surface area contributed by atoms with Gasteiger partial charge in [-0.05, 0) is 30.6 Å². The summed E-state index contributed by atoms with van der Waals surface area (Å²) in [7, 11) is 0. The summed E-state index contributed by atoms with van der Waals surface area (Å²) in [6, 6.07) is 1.19. The van der Waals surface area contributed by atoms with Gasteiger partial charge in [-0.1, -0.05) is 25.9 Å². The van der Waals surface area contributed by atoms with Crippen molar-refractivity contribution in [3.05, 3.63) is 17.5 Å². The summed E-state index contributed by atoms with van der Waals surface area (Å²) in [5.41, 5.74) is 0.310. The van der Waals surface area contributed by atoms with Gasteiger partial charge in [0.25, 0.3) is 5.91 Å². The van der Waals surface area contributed by atoms with Crippen molar-refractivity contribution in [2.24, 2.45) is 11.3 Å². The number of nitrogens with zero attached hydrogens (tertiary/aromatic N) is 2. The van der Waals surface area contributed by atoms with E-state index in [-0.39, 0.29) is 22.8 Å². The average molecular weight is 294 g/mol. The fourth-order valence-electron chi connectivity index (χ4n) is 2.80. The third-order valence-corrected chi connectivity index (χ3v) is 4.18. The maximum atomic E-state index is 12.4. The summed E-state index contributed by atoms with van der Waals surface area (Å²) in [5, 5.41) is 12.4. The molecule has 21 heavy (non-hydrogen) atoms. The van der Waals surface area contributed by atoms with Crippen LogP contribution >= 0.6 is 0 Å². The van der Waals surface area contributed by atoms with Crippen LogP contribution in [0, 0.1) is 11.3 Å². The second kappa shape index (κ2) is 5.87. The number of carbonyl (C=O) groups excluding carboxylic acids is 1. The number of carboxylic acids is 1. The molecule has 1 fully saturated rings. The molecule has 0 aliphatic carbocycles. The Hall–Kier alpha value is -1.85. The van der Waals surface area contributed by atoms with Gasteiger partial charge in [-0.2, -0.15) is 0 Å². The SMILES string of the molecule is CC(C)(C)C1CCCN(C(=O)c2cc(C(=O)O)on2)CC1. The molecular formula is C15H22N2O4. The number of amides is 1. The van der Waals surface area contributed by atoms with Crippen molar-refractivity contribution < 1.29 is 19.2 Å². The predicted octanol–water partition coefficient (Wildman–Crippen LogP) is 2.66. The molecule has 6 heteroatoms. The summed E-state index contributed by atoms with van der Waals surface area (Å²) >= 11 is 0. The number of aromatic nitrogens is 1. The molecule has 0 bridgehead atoms. The number of carbonyl (C=O) groups is 2. The van der Waals surface area contributed by atoms with Gasteiger partial charge in [0.2, 0.25) is 5.76 Å². The molecule has 0 radical (unpaired) electrons. The van der Waals surface area contributed by atoms with E-state index in [0.717, 1.165) is 19.3 Å². The molecular weight excluding hydrogens is 272 g/mol. The monoisotopic (exact) mass is 294 g/mol. The number of likely N-dealkylation sites (tertiary alicyclic amines) is 1. The highest BCUT2D eigenvalue weighted by atomic mass is 16.5. The van der Waals surface area contributed by atoms with E-state index < -0.39 is 5.97 Å². The van der Waals surface area contributed by atoms with Crippen molar-refractivity contribution in [2.75, 3.05) is 13.1 Å². The van der Waals surface area contributed by atoms with Crippen molar-refractivity contribution in [2.45, 2.75) is 40.0 Å². The highest BCUT2D eigenvalue weighted by Crippen LogP contribution is 2.34. The first-order valence-corrected chi connectivity index (χ1v) is 7.28. The van der Waals surface area contributed by atoms with Crippen molar-refractivity contribution in [1.29, 1.82) is 0 Å². The highest BCUT2D eigenvalue weighted by molar-refractivity contribution is 5.94. The van der Waals surface area contributed by atoms with E-state index in [1.807, 2.05) is 0 Å². The highest BCUT2D eigenvalue weighted by Gasteiger charge is 2.29. The molecule has 1 N–H and O–H groups in total. The summed E-state index contributed by atoms with van der Waals surface area (Å²) in [4.78, 5) is 24.9. The van der Waals surface area contributed by atoms with Crippen molar-refractivity contribution in [1.82, 2.24) is 10.1 Å². The third-order valence-electron chi connectivity index (χ3n) is 4.18. The lowest BCUT2D eigenvalue weighted by Crippen LogP contribution is -2.32. The van der Waals surface area contributed by atoms with Crippen LogP contribution in [0.5, 0.6) is 0 Å². The van der Waals surface area contributed by atoms with Crippen LogP contribution in [0.2, 0.25) is 0 Å². The standard InChI is InChI=1S/C15H22N2O4/c1-15(2,3)10-5-4-7-17(8-6-10)13(18)11-9-12(14(19)20)21-16-11/h9-10H,4-8H2,1-3H3,(H,19,20). The van der Waals surface area contributed by atoms with E-state index in [9.17, 15) is 9.59 Å². The average Bonchev–Trinajstić information content (AvgIpc) is 2.74. The Morgan fingerprint density at radius 2 is 2.05 bits per heavy atom. The van der Waals surface area contributed by atoms with Crippen LogP contribution in [0.1, 0.15) is 61.1 Å². The molecule has 0 saturated carbocycles. The minimum Gasteiger partial charge on any atom is -0.475 e. The lowest BCUT2D eigenvalue weighted by atomic mass is 9.77. The zero-order valence-corrected chi connectivity index (χ0v) is 12.8. The van der Waals surface area contributed by atoms with Crippen LogP contribution in [-0.2, 0) is 0 Å². The molecule has 1 amide bonds. The van der Waals surface area contributed by atoms with E-state index in [1.165, 1.54) is 6.07 Å². The van der Waals surface area contributed by atoms with E-state index in [2.05, 4.69) is 30.5 Å². The van der Waals surface area contributed by atoms with Gasteiger partial charge in [0.15, 0.2) is 5.69 Å². The first-order chi connectivity index (χ1) is 9.79. The summed E-state index contributed by atoms with van der Waals surface area (Å²) in [6.45, 7) is 8.04. The van der Waals surface area contributed by atoms with Gasteiger partial charge in [-0.3, -0.25) is 4.79 Å². The van der Waals surface area contributed by atoms with E-state index >= 15 is 0 Å². The molecule has 1 atom stereocenters. The van der Waals surface area contributed by atoms with Crippen LogP contribution in [-0.4, -0.2) is 40.1 Å². The molecule has 0 aromatic carbocycles. The lowest BCUT2D eigenvalue weighted by Gasteiger charge is -2.29. The maximum Gasteiger partial charge on any atom is 0.374 e. The number of aromatic carboxylic acids is 1. The van der Waals surface area contributed by atoms with Gasteiger partial charge in [0.1, 0.15) is 0 Å². The Kier molecular flexibility index (Phi) is 4.34. The fourth-order valence-corrected chi connectivity index (χ4v) is 2.80. The van der Waals surface area contributed by atoms with Crippen LogP contribution in [0.15, 0.2) is 10.6 Å². The normalized spacial score (nSPS) is 20.1. The smallest absolute Gasteiger partial charge is 0.374 e. The molecule has 1 aliphatic rings. The predicted molar refractivity (Wildman–Crippen MR) is 76.2 cm³/mol. The summed E-state index contributed by atoms with van der Waals surface area (Å²) < 4.78 is 4.65. The van der Waals surface area contributed by atoms with Crippen molar-refractivity contribution in [3.63, 3.8) is 0 Å². The van der Waals surface area contributed by atoms with Crippen LogP contribution in [0.4, 0.5) is 0 Å². The fraction of sp³-hybridized carbons (Fsp3) is 0.667. The topological polar surface area (TPSA) is 83.6 Å². The number of carboxylic acid groups (broad SMARTS) is 1. The molecule has 2 rings (SSSR count). The second-order valence-electron chi connectivity index (χ2n) is 6.67. The first kappa shape index (κ1) is 15.5. The molecule has 2 heterocycles. The molecule has 1 aliphatic heterocycles. The van der Waals surface area contributed by atoms with E-state index in [1.54, 1.807) is 4.90 Å². The number of hydrogen-bond acceptors (Lipinski definition) is 4. The van der Waals surface area contributed by atoms with E-state index in [0.29, 0.717) is 19.0 Å². The Morgan fingerprint density at radius 1 is 1.33 bits per heavy atom. The van der Waals surface area contributed by atoms with Gasteiger partial charge < -0.3 is 14.5 Å². The Balaban J connectivity index is 2.04. The molecule has 1 unspecified atom stereocenters. The van der Waals surface area contributed by atoms with Gasteiger partial charge in [-0.25, -0.2) is 4.79 Å². The molecule has 1 saturated heterocycles. The third kappa shape index (κ3) is 3.62. The largest absolute Gasteiger partial charge is 0.475 e. The Labute approximate surface area is 124 Å². The summed E-state index contributed by atoms with van der Waals surface area (Å²) in [5.74, 6) is -1.19. The number of hydrogen-bond donors (Lipinski definition) is 1. The van der Waals surface area contributed by atoms with Gasteiger partial charge in [0, 0.05) is 19.2 Å². The lowest BCUT2D eigenvalue weighted by molar-refractivity contribution is 0.0648. The van der Waals surface area contributed by atoms with Crippen LogP contribution < -0.4 is 0 Å². The maximum absolute atomic E-state index is 12.4. The van der Waals surface area contributed by atoms with Gasteiger partial charge in [-0.15, -0.1) is 0 Å². The van der Waals surface area contributed by atoms with Crippen molar-refractivity contribution in [3.8, 4) is 0 Å². The molecule has 0 spiro atoms. The van der Waals surface area contributed by atoms with Crippen LogP contribution in [0.25, 0.3) is 0 Å². The summed E-state index contributed by atoms with van der Waals surface area (Å²) in [6.07, 6.45) is 3.02. The van der Waals surface area contributed by atoms with Crippen LogP contribution in [0.3, 0.4) is 0 Å². The zero-order valence-electron chi connectivity index (χ0n) is 12.8. The van der Waals surface area contributed by atoms with Crippen molar-refractivity contribution >= 4 is 11.9 Å².